The van der Waals surface area contributed by atoms with Gasteiger partial charge in [-0.3, -0.25) is 19.2 Å². The minimum absolute atomic E-state index is 0.0849. The maximum absolute atomic E-state index is 13.5. The Morgan fingerprint density at radius 3 is 2.55 bits per heavy atom. The Morgan fingerprint density at radius 1 is 1.14 bits per heavy atom. The van der Waals surface area contributed by atoms with E-state index in [1.807, 2.05) is 6.92 Å². The second-order valence-corrected chi connectivity index (χ2v) is 10.4. The number of ether oxygens (including phenoxy) is 1. The molecule has 0 spiro atoms. The SMILES string of the molecule is CC(=O)OCC(=O)[C@]1(O)CC[C@@H]2[C@H]3CC[C@@H]4CC(=O)CC[C@]4(C)[C@@H]3C(=O)C[C@]21C. The summed E-state index contributed by atoms with van der Waals surface area (Å²) >= 11 is 0. The van der Waals surface area contributed by atoms with Crippen molar-refractivity contribution in [1.29, 1.82) is 0 Å². The zero-order valence-electron chi connectivity index (χ0n) is 17.7. The van der Waals surface area contributed by atoms with Crippen LogP contribution >= 0.6 is 0 Å². The molecule has 160 valence electrons. The quantitative estimate of drug-likeness (QED) is 0.726. The molecule has 6 heteroatoms. The number of carbonyl (C=O) groups excluding carboxylic acids is 4. The summed E-state index contributed by atoms with van der Waals surface area (Å²) in [5.41, 5.74) is -2.61. The van der Waals surface area contributed by atoms with Gasteiger partial charge in [-0.15, -0.1) is 0 Å². The second kappa shape index (κ2) is 6.73. The van der Waals surface area contributed by atoms with Crippen LogP contribution in [-0.4, -0.2) is 40.6 Å². The fourth-order valence-electron chi connectivity index (χ4n) is 7.61. The van der Waals surface area contributed by atoms with Crippen molar-refractivity contribution in [2.75, 3.05) is 6.61 Å². The molecule has 0 aromatic heterocycles. The molecule has 4 aliphatic carbocycles. The van der Waals surface area contributed by atoms with E-state index in [1.165, 1.54) is 6.92 Å². The second-order valence-electron chi connectivity index (χ2n) is 10.4. The number of Topliss-reactive ketones (excluding diaryl/α,β-unsaturated/α-hetero) is 3. The zero-order valence-corrected chi connectivity index (χ0v) is 17.7. The predicted molar refractivity (Wildman–Crippen MR) is 104 cm³/mol. The minimum atomic E-state index is -1.63. The summed E-state index contributed by atoms with van der Waals surface area (Å²) < 4.78 is 4.87. The first-order valence-corrected chi connectivity index (χ1v) is 11.0. The molecular formula is C23H32O6. The Hall–Kier alpha value is -1.56. The van der Waals surface area contributed by atoms with Gasteiger partial charge in [0.15, 0.2) is 6.61 Å². The molecule has 1 N–H and O–H groups in total. The molecule has 4 rings (SSSR count). The van der Waals surface area contributed by atoms with Crippen molar-refractivity contribution in [2.45, 2.75) is 77.7 Å². The van der Waals surface area contributed by atoms with E-state index < -0.39 is 29.4 Å². The molecule has 4 fully saturated rings. The zero-order chi connectivity index (χ0) is 21.2. The Morgan fingerprint density at radius 2 is 1.86 bits per heavy atom. The third kappa shape index (κ3) is 2.85. The van der Waals surface area contributed by atoms with Crippen LogP contribution in [0.15, 0.2) is 0 Å². The molecule has 4 aliphatic rings. The number of hydrogen-bond donors (Lipinski definition) is 1. The monoisotopic (exact) mass is 404 g/mol. The summed E-state index contributed by atoms with van der Waals surface area (Å²) in [5, 5.41) is 11.4. The van der Waals surface area contributed by atoms with Crippen LogP contribution in [0.2, 0.25) is 0 Å². The highest BCUT2D eigenvalue weighted by molar-refractivity contribution is 5.93. The van der Waals surface area contributed by atoms with Gasteiger partial charge in [-0.1, -0.05) is 13.8 Å². The van der Waals surface area contributed by atoms with E-state index in [9.17, 15) is 24.3 Å². The number of hydrogen-bond acceptors (Lipinski definition) is 6. The molecular weight excluding hydrogens is 372 g/mol. The number of carbonyl (C=O) groups is 4. The smallest absolute Gasteiger partial charge is 0.303 e. The van der Waals surface area contributed by atoms with Gasteiger partial charge in [0, 0.05) is 37.5 Å². The molecule has 0 heterocycles. The van der Waals surface area contributed by atoms with Crippen LogP contribution in [0, 0.1) is 34.5 Å². The molecule has 0 aromatic rings. The fourth-order valence-corrected chi connectivity index (χ4v) is 7.61. The van der Waals surface area contributed by atoms with Gasteiger partial charge in [-0.2, -0.15) is 0 Å². The van der Waals surface area contributed by atoms with Crippen LogP contribution in [0.1, 0.15) is 72.1 Å². The summed E-state index contributed by atoms with van der Waals surface area (Å²) in [6.45, 7) is 4.86. The van der Waals surface area contributed by atoms with Crippen molar-refractivity contribution in [3.05, 3.63) is 0 Å². The molecule has 0 aromatic carbocycles. The topological polar surface area (TPSA) is 97.7 Å². The van der Waals surface area contributed by atoms with Crippen LogP contribution in [0.4, 0.5) is 0 Å². The molecule has 7 atom stereocenters. The van der Waals surface area contributed by atoms with Crippen LogP contribution < -0.4 is 0 Å². The number of fused-ring (bicyclic) bond motifs is 5. The fraction of sp³-hybridized carbons (Fsp3) is 0.826. The predicted octanol–water partition coefficient (Wildman–Crippen LogP) is 2.64. The van der Waals surface area contributed by atoms with E-state index in [2.05, 4.69) is 6.92 Å². The van der Waals surface area contributed by atoms with E-state index in [0.717, 1.165) is 19.3 Å². The van der Waals surface area contributed by atoms with Crippen molar-refractivity contribution in [2.24, 2.45) is 34.5 Å². The van der Waals surface area contributed by atoms with Crippen molar-refractivity contribution in [3.63, 3.8) is 0 Å². The van der Waals surface area contributed by atoms with Crippen molar-refractivity contribution in [1.82, 2.24) is 0 Å². The lowest BCUT2D eigenvalue weighted by Gasteiger charge is -2.59. The molecule has 6 nitrogen and oxygen atoms in total. The van der Waals surface area contributed by atoms with Crippen molar-refractivity contribution in [3.8, 4) is 0 Å². The van der Waals surface area contributed by atoms with Gasteiger partial charge in [0.05, 0.1) is 0 Å². The molecule has 29 heavy (non-hydrogen) atoms. The minimum Gasteiger partial charge on any atom is -0.458 e. The summed E-state index contributed by atoms with van der Waals surface area (Å²) in [6, 6.07) is 0. The summed E-state index contributed by atoms with van der Waals surface area (Å²) in [6.07, 6.45) is 4.90. The highest BCUT2D eigenvalue weighted by Gasteiger charge is 2.69. The van der Waals surface area contributed by atoms with Crippen LogP contribution in [-0.2, 0) is 23.9 Å². The molecule has 0 radical (unpaired) electrons. The molecule has 4 saturated carbocycles. The Balaban J connectivity index is 1.64. The third-order valence-corrected chi connectivity index (χ3v) is 9.19. The Labute approximate surface area is 171 Å². The lowest BCUT2D eigenvalue weighted by atomic mass is 9.44. The summed E-state index contributed by atoms with van der Waals surface area (Å²) in [4.78, 5) is 49.5. The maximum atomic E-state index is 13.5. The lowest BCUT2D eigenvalue weighted by molar-refractivity contribution is -0.180. The highest BCUT2D eigenvalue weighted by atomic mass is 16.5. The first-order valence-electron chi connectivity index (χ1n) is 11.0. The van der Waals surface area contributed by atoms with Crippen molar-refractivity contribution >= 4 is 23.3 Å². The molecule has 0 saturated heterocycles. The van der Waals surface area contributed by atoms with Gasteiger partial charge < -0.3 is 9.84 Å². The van der Waals surface area contributed by atoms with Gasteiger partial charge >= 0.3 is 5.97 Å². The van der Waals surface area contributed by atoms with E-state index in [0.29, 0.717) is 31.5 Å². The number of rotatable bonds is 3. The van der Waals surface area contributed by atoms with E-state index in [-0.39, 0.29) is 41.3 Å². The first-order chi connectivity index (χ1) is 13.5. The maximum Gasteiger partial charge on any atom is 0.303 e. The average Bonchev–Trinajstić information content (AvgIpc) is 2.91. The average molecular weight is 405 g/mol. The lowest BCUT2D eigenvalue weighted by Crippen LogP contribution is -2.62. The van der Waals surface area contributed by atoms with Gasteiger partial charge in [-0.25, -0.2) is 0 Å². The normalized spacial score (nSPS) is 46.5. The molecule has 0 aliphatic heterocycles. The van der Waals surface area contributed by atoms with Crippen LogP contribution in [0.3, 0.4) is 0 Å². The van der Waals surface area contributed by atoms with Gasteiger partial charge in [0.25, 0.3) is 0 Å². The largest absolute Gasteiger partial charge is 0.458 e. The van der Waals surface area contributed by atoms with Gasteiger partial charge in [0.2, 0.25) is 5.78 Å². The van der Waals surface area contributed by atoms with Crippen molar-refractivity contribution < 1.29 is 29.0 Å². The van der Waals surface area contributed by atoms with Crippen LogP contribution in [0.5, 0.6) is 0 Å². The summed E-state index contributed by atoms with van der Waals surface area (Å²) in [7, 11) is 0. The third-order valence-electron chi connectivity index (χ3n) is 9.19. The van der Waals surface area contributed by atoms with E-state index in [4.69, 9.17) is 4.74 Å². The first kappa shape index (κ1) is 20.7. The number of aliphatic hydroxyl groups is 1. The standard InChI is InChI=1S/C23H32O6/c1-13(24)29-12-19(27)23(28)9-7-17-16-5-4-14-10-15(25)6-8-21(14,2)20(16)18(26)11-22(17,23)3/h14,16-17,20,28H,4-12H2,1-3H3/t14-,16-,17-,20+,21+,22-,23-/m1/s1. The van der Waals surface area contributed by atoms with Gasteiger partial charge in [-0.05, 0) is 55.3 Å². The summed E-state index contributed by atoms with van der Waals surface area (Å²) in [5.74, 6) is -0.187. The molecule has 0 bridgehead atoms. The molecule has 0 amide bonds. The Bertz CT molecular complexity index is 773. The van der Waals surface area contributed by atoms with Crippen LogP contribution in [0.25, 0.3) is 0 Å². The van der Waals surface area contributed by atoms with E-state index in [1.54, 1.807) is 0 Å². The highest BCUT2D eigenvalue weighted by Crippen LogP contribution is 2.67. The van der Waals surface area contributed by atoms with E-state index >= 15 is 0 Å². The van der Waals surface area contributed by atoms with Gasteiger partial charge in [0.1, 0.15) is 17.2 Å². The Kier molecular flexibility index (Phi) is 4.80. The number of esters is 1. The molecule has 0 unspecified atom stereocenters. The number of ketones is 3.